The van der Waals surface area contributed by atoms with Gasteiger partial charge < -0.3 is 22.3 Å². The fraction of sp³-hybridized carbons (Fsp3) is 0.286. The lowest BCUT2D eigenvalue weighted by molar-refractivity contribution is -0.141. The average Bonchev–Trinajstić information content (AvgIpc) is 1.82. The highest BCUT2D eigenvalue weighted by atomic mass is 16.4. The molecule has 1 unspecified atom stereocenters. The van der Waals surface area contributed by atoms with Crippen LogP contribution in [0.5, 0.6) is 0 Å². The third-order valence-electron chi connectivity index (χ3n) is 1.67. The summed E-state index contributed by atoms with van der Waals surface area (Å²) in [5.74, 6) is -1.12. The van der Waals surface area contributed by atoms with Crippen molar-refractivity contribution >= 4 is 5.97 Å². The van der Waals surface area contributed by atoms with E-state index in [0.717, 1.165) is 0 Å². The molecule has 0 saturated carbocycles. The number of nitrogens with two attached hydrogens (primary N) is 3. The predicted molar refractivity (Wildman–Crippen MR) is 43.7 cm³/mol. The van der Waals surface area contributed by atoms with E-state index in [2.05, 4.69) is 0 Å². The fourth-order valence-electron chi connectivity index (χ4n) is 1.13. The van der Waals surface area contributed by atoms with Crippen molar-refractivity contribution in [3.63, 3.8) is 0 Å². The van der Waals surface area contributed by atoms with Gasteiger partial charge in [-0.05, 0) is 12.2 Å². The molecule has 1 aliphatic rings. The fourth-order valence-corrected chi connectivity index (χ4v) is 1.13. The Bertz CT molecular complexity index is 282. The molecule has 0 aromatic heterocycles. The second kappa shape index (κ2) is 2.53. The Labute approximate surface area is 69.5 Å². The molecule has 1 rings (SSSR count). The van der Waals surface area contributed by atoms with E-state index in [4.69, 9.17) is 22.3 Å². The Kier molecular flexibility index (Phi) is 1.81. The molecule has 0 aliphatic heterocycles. The first-order chi connectivity index (χ1) is 5.44. The largest absolute Gasteiger partial charge is 0.480 e. The van der Waals surface area contributed by atoms with Crippen LogP contribution in [0, 0.1) is 0 Å². The second-order valence-electron chi connectivity index (χ2n) is 2.89. The highest BCUT2D eigenvalue weighted by Gasteiger charge is 2.34. The molecule has 0 heterocycles. The average molecular weight is 169 g/mol. The molecule has 0 fully saturated rings. The van der Waals surface area contributed by atoms with Crippen LogP contribution >= 0.6 is 0 Å². The molecule has 0 bridgehead atoms. The molecule has 0 amide bonds. The van der Waals surface area contributed by atoms with Gasteiger partial charge in [0.2, 0.25) is 0 Å². The Balaban J connectivity index is 3.00. The molecule has 66 valence electrons. The van der Waals surface area contributed by atoms with Gasteiger partial charge >= 0.3 is 5.97 Å². The number of aliphatic carboxylic acids is 1. The lowest BCUT2D eigenvalue weighted by Gasteiger charge is -2.24. The Hall–Kier alpha value is -1.49. The normalized spacial score (nSPS) is 29.1. The SMILES string of the molecule is NC1=CC(N)(C(=O)O)CC(N)=C1. The van der Waals surface area contributed by atoms with Gasteiger partial charge in [-0.25, -0.2) is 4.79 Å². The van der Waals surface area contributed by atoms with Crippen LogP contribution in [-0.2, 0) is 4.79 Å². The standard InChI is InChI=1S/C7H11N3O2/c8-4-1-5(9)3-7(10,2-4)6(11)12/h1-2H,3,8-10H2,(H,11,12). The quantitative estimate of drug-likeness (QED) is 0.396. The van der Waals surface area contributed by atoms with Crippen molar-refractivity contribution in [3.05, 3.63) is 23.5 Å². The van der Waals surface area contributed by atoms with E-state index < -0.39 is 11.5 Å². The van der Waals surface area contributed by atoms with Crippen LogP contribution in [0.15, 0.2) is 23.5 Å². The van der Waals surface area contributed by atoms with Gasteiger partial charge in [0.25, 0.3) is 0 Å². The summed E-state index contributed by atoms with van der Waals surface area (Å²) in [5.41, 5.74) is 15.6. The van der Waals surface area contributed by atoms with Gasteiger partial charge in [0.15, 0.2) is 0 Å². The first-order valence-electron chi connectivity index (χ1n) is 3.41. The third-order valence-corrected chi connectivity index (χ3v) is 1.67. The zero-order valence-corrected chi connectivity index (χ0v) is 6.45. The monoisotopic (exact) mass is 169 g/mol. The molecule has 1 atom stereocenters. The van der Waals surface area contributed by atoms with Gasteiger partial charge in [-0.1, -0.05) is 0 Å². The van der Waals surface area contributed by atoms with Crippen LogP contribution in [0.25, 0.3) is 0 Å². The van der Waals surface area contributed by atoms with E-state index in [0.29, 0.717) is 11.4 Å². The molecule has 0 aromatic carbocycles. The lowest BCUT2D eigenvalue weighted by Crippen LogP contribution is -2.48. The van der Waals surface area contributed by atoms with E-state index >= 15 is 0 Å². The highest BCUT2D eigenvalue weighted by molar-refractivity contribution is 5.82. The van der Waals surface area contributed by atoms with Crippen LogP contribution in [0.3, 0.4) is 0 Å². The van der Waals surface area contributed by atoms with E-state index in [9.17, 15) is 4.79 Å². The van der Waals surface area contributed by atoms with Crippen LogP contribution < -0.4 is 17.2 Å². The number of hydrogen-bond donors (Lipinski definition) is 4. The van der Waals surface area contributed by atoms with Crippen LogP contribution in [0.2, 0.25) is 0 Å². The summed E-state index contributed by atoms with van der Waals surface area (Å²) in [4.78, 5) is 10.7. The second-order valence-corrected chi connectivity index (χ2v) is 2.89. The van der Waals surface area contributed by atoms with Gasteiger partial charge in [0, 0.05) is 17.8 Å². The summed E-state index contributed by atoms with van der Waals surface area (Å²) >= 11 is 0. The minimum absolute atomic E-state index is 0.100. The van der Waals surface area contributed by atoms with Crippen molar-refractivity contribution in [2.75, 3.05) is 0 Å². The topological polar surface area (TPSA) is 115 Å². The van der Waals surface area contributed by atoms with Crippen molar-refractivity contribution in [2.45, 2.75) is 12.0 Å². The molecular weight excluding hydrogens is 158 g/mol. The molecule has 0 spiro atoms. The van der Waals surface area contributed by atoms with E-state index in [1.165, 1.54) is 12.2 Å². The molecule has 12 heavy (non-hydrogen) atoms. The van der Waals surface area contributed by atoms with Crippen molar-refractivity contribution in [1.82, 2.24) is 0 Å². The molecule has 5 heteroatoms. The minimum atomic E-state index is -1.44. The number of allylic oxidation sites excluding steroid dienone is 1. The lowest BCUT2D eigenvalue weighted by atomic mass is 9.89. The molecule has 7 N–H and O–H groups in total. The Morgan fingerprint density at radius 3 is 2.58 bits per heavy atom. The summed E-state index contributed by atoms with van der Waals surface area (Å²) < 4.78 is 0. The zero-order chi connectivity index (χ0) is 9.35. The van der Waals surface area contributed by atoms with Gasteiger partial charge in [-0.15, -0.1) is 0 Å². The highest BCUT2D eigenvalue weighted by Crippen LogP contribution is 2.19. The summed E-state index contributed by atoms with van der Waals surface area (Å²) in [6, 6.07) is 0. The number of carboxylic acid groups (broad SMARTS) is 1. The van der Waals surface area contributed by atoms with E-state index in [1.54, 1.807) is 0 Å². The molecule has 1 aliphatic carbocycles. The van der Waals surface area contributed by atoms with Gasteiger partial charge in [0.1, 0.15) is 5.54 Å². The maximum Gasteiger partial charge on any atom is 0.328 e. The van der Waals surface area contributed by atoms with Crippen LogP contribution in [0.4, 0.5) is 0 Å². The maximum absolute atomic E-state index is 10.7. The number of carbonyl (C=O) groups is 1. The van der Waals surface area contributed by atoms with Gasteiger partial charge in [-0.2, -0.15) is 0 Å². The minimum Gasteiger partial charge on any atom is -0.480 e. The van der Waals surface area contributed by atoms with Crippen molar-refractivity contribution in [3.8, 4) is 0 Å². The summed E-state index contributed by atoms with van der Waals surface area (Å²) in [6.45, 7) is 0. The smallest absolute Gasteiger partial charge is 0.328 e. The first-order valence-corrected chi connectivity index (χ1v) is 3.41. The number of rotatable bonds is 1. The Morgan fingerprint density at radius 2 is 2.17 bits per heavy atom. The summed E-state index contributed by atoms with van der Waals surface area (Å²) in [7, 11) is 0. The van der Waals surface area contributed by atoms with Crippen LogP contribution in [0.1, 0.15) is 6.42 Å². The van der Waals surface area contributed by atoms with Crippen molar-refractivity contribution in [1.29, 1.82) is 0 Å². The first kappa shape index (κ1) is 8.61. The molecule has 0 radical (unpaired) electrons. The van der Waals surface area contributed by atoms with Gasteiger partial charge in [0.05, 0.1) is 0 Å². The van der Waals surface area contributed by atoms with E-state index in [1.807, 2.05) is 0 Å². The van der Waals surface area contributed by atoms with E-state index in [-0.39, 0.29) is 6.42 Å². The van der Waals surface area contributed by atoms with Crippen LogP contribution in [-0.4, -0.2) is 16.6 Å². The molecule has 5 nitrogen and oxygen atoms in total. The van der Waals surface area contributed by atoms with Crippen molar-refractivity contribution < 1.29 is 9.90 Å². The third kappa shape index (κ3) is 1.40. The molecule has 0 saturated heterocycles. The number of hydrogen-bond acceptors (Lipinski definition) is 4. The predicted octanol–water partition coefficient (Wildman–Crippen LogP) is -1.14. The Morgan fingerprint density at radius 1 is 1.58 bits per heavy atom. The van der Waals surface area contributed by atoms with Gasteiger partial charge in [-0.3, -0.25) is 0 Å². The zero-order valence-electron chi connectivity index (χ0n) is 6.45. The van der Waals surface area contributed by atoms with Crippen molar-refractivity contribution in [2.24, 2.45) is 17.2 Å². The maximum atomic E-state index is 10.7. The summed E-state index contributed by atoms with van der Waals surface area (Å²) in [5, 5.41) is 8.73. The number of carboxylic acids is 1. The summed E-state index contributed by atoms with van der Waals surface area (Å²) in [6.07, 6.45) is 2.91. The molecule has 0 aromatic rings. The molecular formula is C7H11N3O2.